The zero-order chi connectivity index (χ0) is 14.3. The highest BCUT2D eigenvalue weighted by atomic mass is 32.2. The largest absolute Gasteiger partial charge is 0.466 e. The molecule has 0 aromatic rings. The third-order valence-electron chi connectivity index (χ3n) is 3.12. The summed E-state index contributed by atoms with van der Waals surface area (Å²) in [6, 6.07) is 0. The van der Waals surface area contributed by atoms with Crippen molar-refractivity contribution < 1.29 is 9.53 Å². The Labute approximate surface area is 129 Å². The summed E-state index contributed by atoms with van der Waals surface area (Å²) in [6.45, 7) is 2.68. The van der Waals surface area contributed by atoms with Gasteiger partial charge in [-0.1, -0.05) is 58.3 Å². The average molecular weight is 307 g/mol. The number of hydrogen-bond acceptors (Lipinski definition) is 4. The molecule has 0 saturated heterocycles. The van der Waals surface area contributed by atoms with Gasteiger partial charge in [-0.25, -0.2) is 0 Å². The molecule has 0 bridgehead atoms. The highest BCUT2D eigenvalue weighted by Crippen LogP contribution is 2.11. The van der Waals surface area contributed by atoms with Crippen LogP contribution in [0.15, 0.2) is 0 Å². The van der Waals surface area contributed by atoms with Gasteiger partial charge in [0.25, 0.3) is 0 Å². The fourth-order valence-electron chi connectivity index (χ4n) is 1.93. The van der Waals surface area contributed by atoms with Crippen LogP contribution in [-0.2, 0) is 9.53 Å². The van der Waals surface area contributed by atoms with Crippen molar-refractivity contribution in [2.75, 3.05) is 6.61 Å². The van der Waals surface area contributed by atoms with Crippen LogP contribution < -0.4 is 0 Å². The van der Waals surface area contributed by atoms with E-state index in [1.807, 2.05) is 0 Å². The van der Waals surface area contributed by atoms with Crippen molar-refractivity contribution in [1.82, 2.24) is 0 Å². The van der Waals surface area contributed by atoms with Crippen LogP contribution in [0.2, 0.25) is 0 Å². The number of thiol groups is 2. The lowest BCUT2D eigenvalue weighted by molar-refractivity contribution is -0.143. The molecule has 0 spiro atoms. The van der Waals surface area contributed by atoms with E-state index in [0.29, 0.717) is 19.4 Å². The molecule has 0 aliphatic heterocycles. The number of carbonyl (C=O) groups is 1. The highest BCUT2D eigenvalue weighted by Gasteiger charge is 2.03. The zero-order valence-electron chi connectivity index (χ0n) is 12.3. The Bertz CT molecular complexity index is 208. The van der Waals surface area contributed by atoms with Crippen molar-refractivity contribution >= 4 is 31.2 Å². The minimum atomic E-state index is -0.0785. The molecule has 0 aliphatic rings. The summed E-state index contributed by atoms with van der Waals surface area (Å²) in [6.07, 6.45) is 12.7. The maximum atomic E-state index is 11.4. The Hall–Kier alpha value is 0.170. The molecule has 0 aromatic carbocycles. The Morgan fingerprint density at radius 2 is 1.47 bits per heavy atom. The number of rotatable bonds is 13. The molecule has 4 heteroatoms. The molecule has 0 aromatic heterocycles. The lowest BCUT2D eigenvalue weighted by Gasteiger charge is -2.06. The number of esters is 1. The van der Waals surface area contributed by atoms with Crippen molar-refractivity contribution in [2.24, 2.45) is 0 Å². The Kier molecular flexibility index (Phi) is 14.7. The van der Waals surface area contributed by atoms with E-state index in [1.54, 1.807) is 0 Å². The van der Waals surface area contributed by atoms with E-state index in [1.165, 1.54) is 44.9 Å². The molecule has 19 heavy (non-hydrogen) atoms. The monoisotopic (exact) mass is 306 g/mol. The van der Waals surface area contributed by atoms with Gasteiger partial charge in [0.1, 0.15) is 0 Å². The fraction of sp³-hybridized carbons (Fsp3) is 0.933. The minimum Gasteiger partial charge on any atom is -0.466 e. The van der Waals surface area contributed by atoms with Gasteiger partial charge in [-0.2, -0.15) is 25.3 Å². The van der Waals surface area contributed by atoms with E-state index < -0.39 is 0 Å². The van der Waals surface area contributed by atoms with Gasteiger partial charge in [-0.3, -0.25) is 4.79 Å². The normalized spacial score (nSPS) is 10.9. The average Bonchev–Trinajstić information content (AvgIpc) is 2.36. The van der Waals surface area contributed by atoms with Gasteiger partial charge in [0.05, 0.1) is 6.61 Å². The minimum absolute atomic E-state index is 0.000471. The molecule has 0 fully saturated rings. The van der Waals surface area contributed by atoms with Gasteiger partial charge in [0.15, 0.2) is 0 Å². The molecule has 0 radical (unpaired) electrons. The summed E-state index contributed by atoms with van der Waals surface area (Å²) in [5, 5.41) is 0. The zero-order valence-corrected chi connectivity index (χ0v) is 14.1. The molecular weight excluding hydrogens is 276 g/mol. The van der Waals surface area contributed by atoms with E-state index >= 15 is 0 Å². The first-order valence-electron chi connectivity index (χ1n) is 7.68. The van der Waals surface area contributed by atoms with Crippen LogP contribution >= 0.6 is 25.3 Å². The van der Waals surface area contributed by atoms with E-state index in [4.69, 9.17) is 4.74 Å². The van der Waals surface area contributed by atoms with Crippen LogP contribution in [0.4, 0.5) is 0 Å². The number of ether oxygens (including phenoxy) is 1. The molecule has 0 N–H and O–H groups in total. The number of hydrogen-bond donors (Lipinski definition) is 2. The second kappa shape index (κ2) is 14.6. The number of unbranched alkanes of at least 4 members (excludes halogenated alkanes) is 8. The molecule has 0 rings (SSSR count). The molecule has 0 aliphatic carbocycles. The molecule has 114 valence electrons. The maximum absolute atomic E-state index is 11.4. The standard InChI is InChI=1S/C15H30O2S2/c1-2-3-4-5-6-7-8-9-10-11-14(16)17-13-12-15(18)19/h15,18-19H,2-13H2,1H3. The third kappa shape index (κ3) is 16.1. The summed E-state index contributed by atoms with van der Waals surface area (Å²) in [5.41, 5.74) is 0. The van der Waals surface area contributed by atoms with Crippen LogP contribution in [0.3, 0.4) is 0 Å². The van der Waals surface area contributed by atoms with Crippen LogP contribution in [0.1, 0.15) is 77.6 Å². The van der Waals surface area contributed by atoms with E-state index in [0.717, 1.165) is 12.8 Å². The van der Waals surface area contributed by atoms with Crippen molar-refractivity contribution in [3.8, 4) is 0 Å². The summed E-state index contributed by atoms with van der Waals surface area (Å²) in [5.74, 6) is -0.0785. The number of carbonyl (C=O) groups excluding carboxylic acids is 1. The maximum Gasteiger partial charge on any atom is 0.305 e. The second-order valence-electron chi connectivity index (χ2n) is 5.07. The molecular formula is C15H30O2S2. The highest BCUT2D eigenvalue weighted by molar-refractivity contribution is 7.99. The predicted octanol–water partition coefficient (Wildman–Crippen LogP) is 5.03. The SMILES string of the molecule is CCCCCCCCCCCC(=O)OCCC(S)S. The van der Waals surface area contributed by atoms with Gasteiger partial charge >= 0.3 is 5.97 Å². The molecule has 0 amide bonds. The van der Waals surface area contributed by atoms with Gasteiger partial charge in [-0.05, 0) is 6.42 Å². The van der Waals surface area contributed by atoms with Crippen LogP contribution in [0.25, 0.3) is 0 Å². The quantitative estimate of drug-likeness (QED) is 0.216. The van der Waals surface area contributed by atoms with Crippen molar-refractivity contribution in [3.05, 3.63) is 0 Å². The molecule has 0 heterocycles. The Balaban J connectivity index is 3.14. The van der Waals surface area contributed by atoms with Crippen LogP contribution in [-0.4, -0.2) is 17.2 Å². The first kappa shape index (κ1) is 19.2. The summed E-state index contributed by atoms with van der Waals surface area (Å²) < 4.78 is 5.09. The fourth-order valence-corrected chi connectivity index (χ4v) is 2.14. The third-order valence-corrected chi connectivity index (χ3v) is 3.64. The summed E-state index contributed by atoms with van der Waals surface area (Å²) in [7, 11) is 0. The lowest BCUT2D eigenvalue weighted by Crippen LogP contribution is -2.07. The first-order chi connectivity index (χ1) is 9.16. The molecule has 0 unspecified atom stereocenters. The molecule has 0 saturated carbocycles. The van der Waals surface area contributed by atoms with Crippen molar-refractivity contribution in [1.29, 1.82) is 0 Å². The van der Waals surface area contributed by atoms with Gasteiger partial charge in [0.2, 0.25) is 0 Å². The van der Waals surface area contributed by atoms with Gasteiger partial charge in [0, 0.05) is 17.4 Å². The summed E-state index contributed by atoms with van der Waals surface area (Å²) in [4.78, 5) is 11.4. The van der Waals surface area contributed by atoms with Crippen molar-refractivity contribution in [2.45, 2.75) is 82.1 Å². The smallest absolute Gasteiger partial charge is 0.305 e. The molecule has 2 nitrogen and oxygen atoms in total. The van der Waals surface area contributed by atoms with Gasteiger partial charge < -0.3 is 4.74 Å². The van der Waals surface area contributed by atoms with Crippen molar-refractivity contribution in [3.63, 3.8) is 0 Å². The lowest BCUT2D eigenvalue weighted by atomic mass is 10.1. The Morgan fingerprint density at radius 3 is 2.00 bits per heavy atom. The van der Waals surface area contributed by atoms with Crippen LogP contribution in [0, 0.1) is 0 Å². The molecule has 0 atom stereocenters. The Morgan fingerprint density at radius 1 is 0.947 bits per heavy atom. The van der Waals surface area contributed by atoms with E-state index in [-0.39, 0.29) is 10.6 Å². The van der Waals surface area contributed by atoms with E-state index in [9.17, 15) is 4.79 Å². The van der Waals surface area contributed by atoms with Gasteiger partial charge in [-0.15, -0.1) is 0 Å². The first-order valence-corrected chi connectivity index (χ1v) is 8.72. The van der Waals surface area contributed by atoms with Crippen LogP contribution in [0.5, 0.6) is 0 Å². The second-order valence-corrected chi connectivity index (χ2v) is 6.72. The topological polar surface area (TPSA) is 26.3 Å². The van der Waals surface area contributed by atoms with E-state index in [2.05, 4.69) is 32.2 Å². The summed E-state index contributed by atoms with van der Waals surface area (Å²) >= 11 is 8.23. The predicted molar refractivity (Wildman–Crippen MR) is 89.2 cm³/mol.